The number of hydrogen-bond donors (Lipinski definition) is 1. The van der Waals surface area contributed by atoms with Crippen LogP contribution in [0.3, 0.4) is 0 Å². The molecule has 3 nitrogen and oxygen atoms in total. The molecule has 1 aromatic rings. The molecule has 21 heavy (non-hydrogen) atoms. The van der Waals surface area contributed by atoms with E-state index in [2.05, 4.69) is 29.2 Å². The Morgan fingerprint density at radius 2 is 1.95 bits per heavy atom. The minimum absolute atomic E-state index is 0.474. The predicted octanol–water partition coefficient (Wildman–Crippen LogP) is 4.10. The van der Waals surface area contributed by atoms with Crippen LogP contribution in [0.15, 0.2) is 12.3 Å². The summed E-state index contributed by atoms with van der Waals surface area (Å²) >= 11 is 0. The van der Waals surface area contributed by atoms with Gasteiger partial charge < -0.3 is 5.32 Å². The van der Waals surface area contributed by atoms with Gasteiger partial charge in [0, 0.05) is 12.7 Å². The van der Waals surface area contributed by atoms with E-state index in [9.17, 15) is 0 Å². The highest BCUT2D eigenvalue weighted by molar-refractivity contribution is 5.06. The normalized spacial score (nSPS) is 22.7. The first-order valence-corrected chi connectivity index (χ1v) is 9.06. The first-order chi connectivity index (χ1) is 10.3. The van der Waals surface area contributed by atoms with Crippen LogP contribution in [0, 0.1) is 5.41 Å². The van der Waals surface area contributed by atoms with Gasteiger partial charge in [-0.15, -0.1) is 0 Å². The van der Waals surface area contributed by atoms with Gasteiger partial charge in [-0.2, -0.15) is 5.10 Å². The monoisotopic (exact) mass is 289 g/mol. The van der Waals surface area contributed by atoms with Gasteiger partial charge in [0.1, 0.15) is 0 Å². The zero-order chi connectivity index (χ0) is 14.5. The maximum atomic E-state index is 4.94. The summed E-state index contributed by atoms with van der Waals surface area (Å²) in [7, 11) is 0. The van der Waals surface area contributed by atoms with Crippen LogP contribution in [-0.2, 0) is 6.42 Å². The van der Waals surface area contributed by atoms with Crippen LogP contribution in [0.5, 0.6) is 0 Å². The van der Waals surface area contributed by atoms with E-state index in [0.717, 1.165) is 6.54 Å². The largest absolute Gasteiger partial charge is 0.316 e. The van der Waals surface area contributed by atoms with Crippen molar-refractivity contribution in [2.45, 2.75) is 77.2 Å². The summed E-state index contributed by atoms with van der Waals surface area (Å²) in [4.78, 5) is 0. The Bertz CT molecular complexity index is 425. The Kier molecular flexibility index (Phi) is 4.99. The lowest BCUT2D eigenvalue weighted by Gasteiger charge is -2.28. The standard InChI is InChI=1S/C18H31N3/c1-2-19-15-18(11-6-7-12-18)14-16-10-13-21(20-16)17-8-4-3-5-9-17/h10,13,17,19H,2-9,11-12,14-15H2,1H3. The van der Waals surface area contributed by atoms with E-state index < -0.39 is 0 Å². The highest BCUT2D eigenvalue weighted by Gasteiger charge is 2.34. The Labute approximate surface area is 129 Å². The summed E-state index contributed by atoms with van der Waals surface area (Å²) in [5, 5.41) is 8.53. The number of rotatable bonds is 6. The second-order valence-corrected chi connectivity index (χ2v) is 7.24. The molecule has 0 aromatic carbocycles. The Morgan fingerprint density at radius 1 is 1.19 bits per heavy atom. The highest BCUT2D eigenvalue weighted by Crippen LogP contribution is 2.40. The van der Waals surface area contributed by atoms with Crippen LogP contribution in [0.2, 0.25) is 0 Å². The van der Waals surface area contributed by atoms with Crippen LogP contribution < -0.4 is 5.32 Å². The molecular weight excluding hydrogens is 258 g/mol. The second kappa shape index (κ2) is 6.95. The Morgan fingerprint density at radius 3 is 2.67 bits per heavy atom. The first kappa shape index (κ1) is 15.1. The fourth-order valence-corrected chi connectivity index (χ4v) is 4.34. The van der Waals surface area contributed by atoms with Gasteiger partial charge >= 0.3 is 0 Å². The van der Waals surface area contributed by atoms with E-state index in [4.69, 9.17) is 5.10 Å². The molecule has 0 radical (unpaired) electrons. The molecule has 0 atom stereocenters. The van der Waals surface area contributed by atoms with Crippen molar-refractivity contribution in [2.75, 3.05) is 13.1 Å². The summed E-state index contributed by atoms with van der Waals surface area (Å²) in [6.07, 6.45) is 15.8. The number of nitrogens with zero attached hydrogens (tertiary/aromatic N) is 2. The molecule has 0 bridgehead atoms. The van der Waals surface area contributed by atoms with Crippen LogP contribution in [0.4, 0.5) is 0 Å². The Balaban J connectivity index is 1.64. The summed E-state index contributed by atoms with van der Waals surface area (Å²) in [6.45, 7) is 4.46. The zero-order valence-electron chi connectivity index (χ0n) is 13.6. The van der Waals surface area contributed by atoms with Crippen LogP contribution in [0.1, 0.15) is 76.4 Å². The molecule has 118 valence electrons. The Hall–Kier alpha value is -0.830. The van der Waals surface area contributed by atoms with Gasteiger partial charge in [-0.1, -0.05) is 39.0 Å². The minimum Gasteiger partial charge on any atom is -0.316 e. The van der Waals surface area contributed by atoms with Crippen molar-refractivity contribution in [3.05, 3.63) is 18.0 Å². The smallest absolute Gasteiger partial charge is 0.0630 e. The lowest BCUT2D eigenvalue weighted by molar-refractivity contribution is 0.273. The van der Waals surface area contributed by atoms with Gasteiger partial charge in [0.05, 0.1) is 11.7 Å². The first-order valence-electron chi connectivity index (χ1n) is 9.06. The highest BCUT2D eigenvalue weighted by atomic mass is 15.3. The molecular formula is C18H31N3. The van der Waals surface area contributed by atoms with Crippen molar-refractivity contribution in [3.63, 3.8) is 0 Å². The zero-order valence-corrected chi connectivity index (χ0v) is 13.6. The third kappa shape index (κ3) is 3.68. The van der Waals surface area contributed by atoms with E-state index in [-0.39, 0.29) is 0 Å². The third-order valence-corrected chi connectivity index (χ3v) is 5.58. The molecule has 2 aliphatic carbocycles. The molecule has 1 N–H and O–H groups in total. The van der Waals surface area contributed by atoms with Crippen molar-refractivity contribution in [1.82, 2.24) is 15.1 Å². The topological polar surface area (TPSA) is 29.9 Å². The van der Waals surface area contributed by atoms with Gasteiger partial charge in [0.15, 0.2) is 0 Å². The maximum Gasteiger partial charge on any atom is 0.0630 e. The van der Waals surface area contributed by atoms with Crippen molar-refractivity contribution in [3.8, 4) is 0 Å². The third-order valence-electron chi connectivity index (χ3n) is 5.58. The predicted molar refractivity (Wildman–Crippen MR) is 87.5 cm³/mol. The number of aromatic nitrogens is 2. The van der Waals surface area contributed by atoms with E-state index in [0.29, 0.717) is 11.5 Å². The SMILES string of the molecule is CCNCC1(Cc2ccn(C3CCCCC3)n2)CCCC1. The second-order valence-electron chi connectivity index (χ2n) is 7.24. The molecule has 1 heterocycles. The molecule has 2 saturated carbocycles. The molecule has 0 amide bonds. The quantitative estimate of drug-likeness (QED) is 0.854. The molecule has 0 unspecified atom stereocenters. The van der Waals surface area contributed by atoms with Crippen molar-refractivity contribution < 1.29 is 0 Å². The summed E-state index contributed by atoms with van der Waals surface area (Å²) in [5.74, 6) is 0. The van der Waals surface area contributed by atoms with Gasteiger partial charge in [-0.3, -0.25) is 4.68 Å². The lowest BCUT2D eigenvalue weighted by atomic mass is 9.81. The summed E-state index contributed by atoms with van der Waals surface area (Å²) in [5.41, 5.74) is 1.79. The van der Waals surface area contributed by atoms with Crippen LogP contribution in [0.25, 0.3) is 0 Å². The number of hydrogen-bond acceptors (Lipinski definition) is 2. The van der Waals surface area contributed by atoms with Gasteiger partial charge in [-0.05, 0) is 50.1 Å². The number of nitrogens with one attached hydrogen (secondary N) is 1. The summed E-state index contributed by atoms with van der Waals surface area (Å²) in [6, 6.07) is 2.95. The fourth-order valence-electron chi connectivity index (χ4n) is 4.34. The van der Waals surface area contributed by atoms with E-state index >= 15 is 0 Å². The summed E-state index contributed by atoms with van der Waals surface area (Å²) < 4.78 is 2.27. The van der Waals surface area contributed by atoms with E-state index in [1.807, 2.05) is 0 Å². The lowest BCUT2D eigenvalue weighted by Crippen LogP contribution is -2.34. The molecule has 0 aliphatic heterocycles. The van der Waals surface area contributed by atoms with Crippen molar-refractivity contribution in [2.24, 2.45) is 5.41 Å². The van der Waals surface area contributed by atoms with E-state index in [1.165, 1.54) is 76.4 Å². The van der Waals surface area contributed by atoms with Crippen molar-refractivity contribution >= 4 is 0 Å². The molecule has 2 fully saturated rings. The molecule has 2 aliphatic rings. The molecule has 3 heteroatoms. The van der Waals surface area contributed by atoms with Crippen LogP contribution in [-0.4, -0.2) is 22.9 Å². The van der Waals surface area contributed by atoms with Crippen molar-refractivity contribution in [1.29, 1.82) is 0 Å². The molecule has 1 aromatic heterocycles. The van der Waals surface area contributed by atoms with E-state index in [1.54, 1.807) is 0 Å². The molecule has 3 rings (SSSR count). The molecule has 0 saturated heterocycles. The van der Waals surface area contributed by atoms with Crippen LogP contribution >= 0.6 is 0 Å². The average molecular weight is 289 g/mol. The van der Waals surface area contributed by atoms with Gasteiger partial charge in [0.25, 0.3) is 0 Å². The van der Waals surface area contributed by atoms with Gasteiger partial charge in [0.2, 0.25) is 0 Å². The molecule has 0 spiro atoms. The fraction of sp³-hybridized carbons (Fsp3) is 0.833. The minimum atomic E-state index is 0.474. The maximum absolute atomic E-state index is 4.94. The van der Waals surface area contributed by atoms with Gasteiger partial charge in [-0.25, -0.2) is 0 Å². The average Bonchev–Trinajstić information content (AvgIpc) is 3.17.